The number of amides is 2. The summed E-state index contributed by atoms with van der Waals surface area (Å²) >= 11 is 0. The minimum absolute atomic E-state index is 0.313. The molecule has 0 saturated heterocycles. The molecule has 0 unspecified atom stereocenters. The maximum absolute atomic E-state index is 12.1. The highest BCUT2D eigenvalue weighted by molar-refractivity contribution is 6.26. The van der Waals surface area contributed by atoms with Crippen LogP contribution in [0.5, 0.6) is 5.75 Å². The fourth-order valence-corrected chi connectivity index (χ4v) is 2.53. The number of imide groups is 1. The summed E-state index contributed by atoms with van der Waals surface area (Å²) in [5.41, 5.74) is 0.675. The van der Waals surface area contributed by atoms with Gasteiger partial charge >= 0.3 is 0 Å². The zero-order valence-corrected chi connectivity index (χ0v) is 11.8. The maximum atomic E-state index is 12.1. The molecule has 108 valence electrons. The first-order valence-electron chi connectivity index (χ1n) is 6.97. The van der Waals surface area contributed by atoms with Crippen molar-refractivity contribution in [2.24, 2.45) is 5.84 Å². The third kappa shape index (κ3) is 2.06. The second kappa shape index (κ2) is 5.18. The van der Waals surface area contributed by atoms with Gasteiger partial charge in [0.25, 0.3) is 11.8 Å². The molecule has 5 heteroatoms. The van der Waals surface area contributed by atoms with E-state index in [4.69, 9.17) is 10.6 Å². The van der Waals surface area contributed by atoms with E-state index in [1.807, 2.05) is 24.3 Å². The molecule has 2 aromatic carbocycles. The smallest absolute Gasteiger partial charge is 0.276 e. The molecule has 21 heavy (non-hydrogen) atoms. The summed E-state index contributed by atoms with van der Waals surface area (Å²) in [6, 6.07) is 9.03. The third-order valence-corrected chi connectivity index (χ3v) is 3.64. The van der Waals surface area contributed by atoms with Crippen LogP contribution in [0, 0.1) is 0 Å². The first kappa shape index (κ1) is 13.6. The van der Waals surface area contributed by atoms with Gasteiger partial charge in [0.05, 0.1) is 17.7 Å². The minimum atomic E-state index is -0.485. The number of carbonyl (C=O) groups excluding carboxylic acids is 2. The Bertz CT molecular complexity index is 740. The molecule has 1 heterocycles. The fourth-order valence-electron chi connectivity index (χ4n) is 2.53. The number of benzene rings is 2. The second-order valence-electron chi connectivity index (χ2n) is 5.03. The van der Waals surface area contributed by atoms with Crippen LogP contribution in [0.4, 0.5) is 0 Å². The molecule has 0 bridgehead atoms. The van der Waals surface area contributed by atoms with Crippen LogP contribution >= 0.6 is 0 Å². The van der Waals surface area contributed by atoms with Gasteiger partial charge in [-0.25, -0.2) is 10.9 Å². The zero-order chi connectivity index (χ0) is 15.0. The summed E-state index contributed by atoms with van der Waals surface area (Å²) in [6.45, 7) is 2.66. The largest absolute Gasteiger partial charge is 0.493 e. The van der Waals surface area contributed by atoms with Crippen LogP contribution in [0.1, 0.15) is 40.5 Å². The molecule has 5 nitrogen and oxygen atoms in total. The molecular formula is C16H16N2O3. The quantitative estimate of drug-likeness (QED) is 0.405. The van der Waals surface area contributed by atoms with Gasteiger partial charge in [0.1, 0.15) is 5.75 Å². The van der Waals surface area contributed by atoms with Crippen molar-refractivity contribution in [1.82, 2.24) is 5.01 Å². The number of hydrogen-bond acceptors (Lipinski definition) is 4. The third-order valence-electron chi connectivity index (χ3n) is 3.64. The summed E-state index contributed by atoms with van der Waals surface area (Å²) in [4.78, 5) is 24.2. The van der Waals surface area contributed by atoms with Gasteiger partial charge in [-0.2, -0.15) is 0 Å². The number of ether oxygens (including phenoxy) is 1. The van der Waals surface area contributed by atoms with E-state index in [1.165, 1.54) is 0 Å². The molecule has 0 fully saturated rings. The normalized spacial score (nSPS) is 13.9. The Balaban J connectivity index is 2.19. The number of fused-ring (bicyclic) bond motifs is 3. The molecule has 1 aliphatic rings. The fraction of sp³-hybridized carbons (Fsp3) is 0.250. The van der Waals surface area contributed by atoms with E-state index in [9.17, 15) is 9.59 Å². The first-order chi connectivity index (χ1) is 10.1. The Morgan fingerprint density at radius 3 is 2.57 bits per heavy atom. The lowest BCUT2D eigenvalue weighted by Gasteiger charge is -2.11. The first-order valence-corrected chi connectivity index (χ1v) is 6.97. The van der Waals surface area contributed by atoms with Gasteiger partial charge in [0, 0.05) is 5.39 Å². The summed E-state index contributed by atoms with van der Waals surface area (Å²) in [5.74, 6) is 5.20. The molecule has 0 saturated carbocycles. The summed E-state index contributed by atoms with van der Waals surface area (Å²) in [7, 11) is 0. The van der Waals surface area contributed by atoms with Crippen LogP contribution in [0.15, 0.2) is 30.3 Å². The van der Waals surface area contributed by atoms with Gasteiger partial charge in [0.2, 0.25) is 0 Å². The Labute approximate surface area is 122 Å². The highest BCUT2D eigenvalue weighted by atomic mass is 16.5. The number of nitrogens with two attached hydrogens (primary N) is 1. The van der Waals surface area contributed by atoms with E-state index in [0.717, 1.165) is 18.2 Å². The van der Waals surface area contributed by atoms with E-state index < -0.39 is 11.8 Å². The zero-order valence-electron chi connectivity index (χ0n) is 11.8. The van der Waals surface area contributed by atoms with Crippen LogP contribution < -0.4 is 10.6 Å². The number of rotatable bonds is 4. The number of nitrogens with zero attached hydrogens (tertiary/aromatic N) is 1. The number of hydrazine groups is 1. The van der Waals surface area contributed by atoms with E-state index in [2.05, 4.69) is 6.92 Å². The number of hydrogen-bond donors (Lipinski definition) is 1. The highest BCUT2D eigenvalue weighted by Gasteiger charge is 2.36. The van der Waals surface area contributed by atoms with Crippen molar-refractivity contribution in [3.63, 3.8) is 0 Å². The molecule has 0 atom stereocenters. The molecule has 3 rings (SSSR count). The predicted molar refractivity (Wildman–Crippen MR) is 79.0 cm³/mol. The van der Waals surface area contributed by atoms with Gasteiger partial charge in [-0.15, -0.1) is 0 Å². The van der Waals surface area contributed by atoms with Crippen LogP contribution in [-0.2, 0) is 0 Å². The van der Waals surface area contributed by atoms with Gasteiger partial charge in [0.15, 0.2) is 0 Å². The average Bonchev–Trinajstić information content (AvgIpc) is 2.72. The molecule has 2 N–H and O–H groups in total. The minimum Gasteiger partial charge on any atom is -0.493 e. The highest BCUT2D eigenvalue weighted by Crippen LogP contribution is 2.35. The topological polar surface area (TPSA) is 72.6 Å². The predicted octanol–water partition coefficient (Wildman–Crippen LogP) is 2.49. The standard InChI is InChI=1S/C16H16N2O3/c1-2-3-8-21-13-9-12-14(16(20)18(17)15(12)19)11-7-5-4-6-10(11)13/h4-7,9H,2-3,8,17H2,1H3. The van der Waals surface area contributed by atoms with Crippen LogP contribution in [0.25, 0.3) is 10.8 Å². The van der Waals surface area contributed by atoms with Crippen molar-refractivity contribution < 1.29 is 14.3 Å². The molecule has 0 aliphatic carbocycles. The number of unbranched alkanes of at least 4 members (excludes halogenated alkanes) is 1. The summed E-state index contributed by atoms with van der Waals surface area (Å²) in [6.07, 6.45) is 1.96. The molecule has 0 spiro atoms. The lowest BCUT2D eigenvalue weighted by molar-refractivity contribution is 0.0654. The Hall–Kier alpha value is -2.40. The molecule has 2 aromatic rings. The molecular weight excluding hydrogens is 268 g/mol. The van der Waals surface area contributed by atoms with E-state index in [1.54, 1.807) is 6.07 Å². The second-order valence-corrected chi connectivity index (χ2v) is 5.03. The molecule has 1 aliphatic heterocycles. The lowest BCUT2D eigenvalue weighted by atomic mass is 9.99. The number of carbonyl (C=O) groups is 2. The van der Waals surface area contributed by atoms with E-state index in [0.29, 0.717) is 33.9 Å². The van der Waals surface area contributed by atoms with Gasteiger partial charge in [-0.1, -0.05) is 37.6 Å². The molecule has 0 aromatic heterocycles. The SMILES string of the molecule is CCCCOc1cc2c(c3ccccc13)C(=O)N(N)C2=O. The van der Waals surface area contributed by atoms with Crippen molar-refractivity contribution >= 4 is 22.6 Å². The lowest BCUT2D eigenvalue weighted by Crippen LogP contribution is -2.36. The van der Waals surface area contributed by atoms with Gasteiger partial charge < -0.3 is 4.74 Å². The van der Waals surface area contributed by atoms with Crippen molar-refractivity contribution in [2.45, 2.75) is 19.8 Å². The van der Waals surface area contributed by atoms with Gasteiger partial charge in [-0.3, -0.25) is 9.59 Å². The van der Waals surface area contributed by atoms with Crippen molar-refractivity contribution in [2.75, 3.05) is 6.61 Å². The van der Waals surface area contributed by atoms with E-state index >= 15 is 0 Å². The maximum Gasteiger partial charge on any atom is 0.276 e. The Morgan fingerprint density at radius 1 is 1.14 bits per heavy atom. The van der Waals surface area contributed by atoms with Crippen molar-refractivity contribution in [3.05, 3.63) is 41.5 Å². The van der Waals surface area contributed by atoms with Crippen LogP contribution in [-0.4, -0.2) is 23.4 Å². The van der Waals surface area contributed by atoms with Crippen LogP contribution in [0.3, 0.4) is 0 Å². The summed E-state index contributed by atoms with van der Waals surface area (Å²) < 4.78 is 5.78. The van der Waals surface area contributed by atoms with Crippen LogP contribution in [0.2, 0.25) is 0 Å². The van der Waals surface area contributed by atoms with Gasteiger partial charge in [-0.05, 0) is 17.9 Å². The Kier molecular flexibility index (Phi) is 3.35. The van der Waals surface area contributed by atoms with Crippen molar-refractivity contribution in [1.29, 1.82) is 0 Å². The molecule has 0 radical (unpaired) electrons. The summed E-state index contributed by atoms with van der Waals surface area (Å²) in [5, 5.41) is 2.18. The Morgan fingerprint density at radius 2 is 1.86 bits per heavy atom. The van der Waals surface area contributed by atoms with E-state index in [-0.39, 0.29) is 0 Å². The molecule has 2 amide bonds. The van der Waals surface area contributed by atoms with Crippen molar-refractivity contribution in [3.8, 4) is 5.75 Å². The monoisotopic (exact) mass is 284 g/mol. The average molecular weight is 284 g/mol.